The van der Waals surface area contributed by atoms with Crippen molar-refractivity contribution in [3.63, 3.8) is 0 Å². The Balaban J connectivity index is 0.000000204. The number of nitrogens with one attached hydrogen (secondary N) is 3. The fraction of sp³-hybridized carbons (Fsp3) is 0.250. The van der Waals surface area contributed by atoms with Crippen molar-refractivity contribution >= 4 is 61.4 Å². The highest BCUT2D eigenvalue weighted by atomic mass is 79.9. The molecule has 0 aliphatic carbocycles. The highest BCUT2D eigenvalue weighted by Gasteiger charge is 2.25. The predicted molar refractivity (Wildman–Crippen MR) is 257 cm³/mol. The molecule has 0 aliphatic heterocycles. The standard InChI is InChI=1S/C26H27N3O2.C18H21NO4.C8H7BrO/c1-26(2,3)31-25(30)29-22(16-18-13-14-19-9-7-8-12-21(19)15-18)24-27-17-23(28-24)20-10-5-4-6-11-20;1-18(2,3)23-17(22)19-15(16(20)21)11-12-8-9-13-6-4-5-7-14(13)10-12;9-6-8(10)7-4-2-1-3-5-7/h4-15,17,22H,16H2,1-3H3,(H,27,28)(H,29,30);4-10,15H,11H2,1-3H3,(H,19,22)(H,20,21);1-5H,6H2/t22-;15-;/m11./s1. The van der Waals surface area contributed by atoms with Crippen molar-refractivity contribution in [1.82, 2.24) is 20.6 Å². The Morgan fingerprint density at radius 2 is 1.09 bits per heavy atom. The molecule has 7 rings (SSSR count). The number of hydrogen-bond acceptors (Lipinski definition) is 7. The number of aromatic nitrogens is 2. The molecule has 11 nitrogen and oxygen atoms in total. The molecular formula is C52H55BrN4O7. The number of ether oxygens (including phenoxy) is 2. The summed E-state index contributed by atoms with van der Waals surface area (Å²) in [5.74, 6) is -0.275. The van der Waals surface area contributed by atoms with Crippen LogP contribution in [0, 0.1) is 0 Å². The third-order valence-corrected chi connectivity index (χ3v) is 9.92. The van der Waals surface area contributed by atoms with Gasteiger partial charge in [-0.15, -0.1) is 0 Å². The number of alkyl carbamates (subject to hydrolysis) is 2. The zero-order valence-corrected chi connectivity index (χ0v) is 38.5. The number of alkyl halides is 1. The number of ketones is 1. The summed E-state index contributed by atoms with van der Waals surface area (Å²) in [5.41, 5.74) is 3.42. The number of aliphatic carboxylic acids is 1. The molecule has 0 saturated carbocycles. The number of halogens is 1. The van der Waals surface area contributed by atoms with E-state index in [1.807, 2.05) is 136 Å². The van der Waals surface area contributed by atoms with E-state index in [-0.39, 0.29) is 18.2 Å². The average molecular weight is 928 g/mol. The maximum absolute atomic E-state index is 12.5. The lowest BCUT2D eigenvalue weighted by molar-refractivity contribution is -0.139. The van der Waals surface area contributed by atoms with Crippen molar-refractivity contribution in [2.75, 3.05) is 5.33 Å². The monoisotopic (exact) mass is 926 g/mol. The fourth-order valence-electron chi connectivity index (χ4n) is 6.50. The van der Waals surface area contributed by atoms with Gasteiger partial charge in [-0.1, -0.05) is 162 Å². The summed E-state index contributed by atoms with van der Waals surface area (Å²) >= 11 is 3.10. The van der Waals surface area contributed by atoms with Crippen molar-refractivity contribution < 1.29 is 33.8 Å². The predicted octanol–water partition coefficient (Wildman–Crippen LogP) is 11.7. The van der Waals surface area contributed by atoms with Crippen molar-refractivity contribution in [3.8, 4) is 11.3 Å². The SMILES string of the molecule is CC(C)(C)OC(=O)N[C@H](Cc1ccc2ccccc2c1)C(=O)O.CC(C)(C)OC(=O)N[C@H](Cc1ccc2ccccc2c1)c1ncc(-c2ccccc2)[nH]1.O=C(CBr)c1ccccc1. The van der Waals surface area contributed by atoms with Gasteiger partial charge < -0.3 is 30.2 Å². The number of hydrogen-bond donors (Lipinski definition) is 4. The number of aromatic amines is 1. The van der Waals surface area contributed by atoms with Gasteiger partial charge in [0.1, 0.15) is 23.1 Å². The molecule has 0 saturated heterocycles. The molecule has 1 aromatic heterocycles. The second kappa shape index (κ2) is 22.5. The first-order valence-corrected chi connectivity index (χ1v) is 22.0. The zero-order chi connectivity index (χ0) is 46.3. The second-order valence-corrected chi connectivity index (χ2v) is 17.5. The Kier molecular flexibility index (Phi) is 17.0. The van der Waals surface area contributed by atoms with Crippen LogP contribution in [0.1, 0.15) is 74.9 Å². The molecule has 12 heteroatoms. The summed E-state index contributed by atoms with van der Waals surface area (Å²) in [6.07, 6.45) is 1.39. The minimum atomic E-state index is -1.09. The number of fused-ring (bicyclic) bond motifs is 2. The fourth-order valence-corrected chi connectivity index (χ4v) is 6.82. The molecule has 4 N–H and O–H groups in total. The van der Waals surface area contributed by atoms with Crippen LogP contribution in [0.4, 0.5) is 9.59 Å². The number of carboxylic acid groups (broad SMARTS) is 1. The van der Waals surface area contributed by atoms with Crippen molar-refractivity contribution in [3.05, 3.63) is 174 Å². The topological polar surface area (TPSA) is 160 Å². The number of imidazole rings is 1. The maximum atomic E-state index is 12.5. The molecule has 1 heterocycles. The smallest absolute Gasteiger partial charge is 0.408 e. The highest BCUT2D eigenvalue weighted by Crippen LogP contribution is 2.24. The third kappa shape index (κ3) is 15.5. The Morgan fingerprint density at radius 3 is 1.59 bits per heavy atom. The van der Waals surface area contributed by atoms with Gasteiger partial charge in [-0.25, -0.2) is 19.4 Å². The van der Waals surface area contributed by atoms with Gasteiger partial charge >= 0.3 is 18.2 Å². The largest absolute Gasteiger partial charge is 0.480 e. The molecule has 0 radical (unpaired) electrons. The lowest BCUT2D eigenvalue weighted by atomic mass is 10.0. The lowest BCUT2D eigenvalue weighted by Gasteiger charge is -2.23. The molecule has 64 heavy (non-hydrogen) atoms. The number of Topliss-reactive ketones (excluding diaryl/α,β-unsaturated/α-hetero) is 1. The molecule has 2 atom stereocenters. The lowest BCUT2D eigenvalue weighted by Crippen LogP contribution is -2.44. The molecule has 0 aliphatic rings. The summed E-state index contributed by atoms with van der Waals surface area (Å²) in [6, 6.07) is 46.0. The first-order valence-electron chi connectivity index (χ1n) is 20.9. The first-order chi connectivity index (χ1) is 30.5. The molecule has 7 aromatic rings. The number of rotatable bonds is 11. The van der Waals surface area contributed by atoms with E-state index in [9.17, 15) is 24.3 Å². The van der Waals surface area contributed by atoms with Gasteiger partial charge in [0, 0.05) is 18.4 Å². The summed E-state index contributed by atoms with van der Waals surface area (Å²) in [4.78, 5) is 54.6. The minimum absolute atomic E-state index is 0.126. The quantitative estimate of drug-likeness (QED) is 0.0737. The molecule has 6 aromatic carbocycles. The molecule has 0 spiro atoms. The van der Waals surface area contributed by atoms with Gasteiger partial charge in [0.2, 0.25) is 0 Å². The maximum Gasteiger partial charge on any atom is 0.408 e. The third-order valence-electron chi connectivity index (χ3n) is 9.41. The molecule has 0 fully saturated rings. The summed E-state index contributed by atoms with van der Waals surface area (Å²) in [7, 11) is 0. The molecular weight excluding hydrogens is 872 g/mol. The average Bonchev–Trinajstić information content (AvgIpc) is 3.76. The van der Waals surface area contributed by atoms with Gasteiger partial charge in [0.15, 0.2) is 5.78 Å². The van der Waals surface area contributed by atoms with Crippen molar-refractivity contribution in [2.45, 2.75) is 77.7 Å². The van der Waals surface area contributed by atoms with E-state index in [0.29, 0.717) is 17.6 Å². The molecule has 332 valence electrons. The van der Waals surface area contributed by atoms with E-state index in [4.69, 9.17) is 9.47 Å². The second-order valence-electron chi connectivity index (χ2n) is 17.0. The van der Waals surface area contributed by atoms with Crippen molar-refractivity contribution in [2.24, 2.45) is 0 Å². The van der Waals surface area contributed by atoms with Gasteiger partial charge in [-0.05, 0) is 79.8 Å². The highest BCUT2D eigenvalue weighted by molar-refractivity contribution is 9.09. The normalized spacial score (nSPS) is 12.0. The van der Waals surface area contributed by atoms with Crippen LogP contribution in [0.25, 0.3) is 32.8 Å². The van der Waals surface area contributed by atoms with E-state index in [0.717, 1.165) is 38.7 Å². The van der Waals surface area contributed by atoms with Crippen LogP contribution in [-0.4, -0.2) is 61.6 Å². The van der Waals surface area contributed by atoms with Crippen LogP contribution < -0.4 is 10.6 Å². The van der Waals surface area contributed by atoms with Gasteiger partial charge in [0.05, 0.1) is 23.3 Å². The number of benzene rings is 6. The number of H-pyrrole nitrogens is 1. The minimum Gasteiger partial charge on any atom is -0.480 e. The molecule has 2 amide bonds. The zero-order valence-electron chi connectivity index (χ0n) is 36.9. The van der Waals surface area contributed by atoms with Crippen LogP contribution in [-0.2, 0) is 27.1 Å². The van der Waals surface area contributed by atoms with Gasteiger partial charge in [0.25, 0.3) is 0 Å². The number of carboxylic acids is 1. The van der Waals surface area contributed by atoms with E-state index in [2.05, 4.69) is 66.9 Å². The number of carbonyl (C=O) groups is 4. The summed E-state index contributed by atoms with van der Waals surface area (Å²) in [6.45, 7) is 10.7. The van der Waals surface area contributed by atoms with Crippen LogP contribution in [0.15, 0.2) is 152 Å². The van der Waals surface area contributed by atoms with Crippen LogP contribution >= 0.6 is 15.9 Å². The molecule has 0 unspecified atom stereocenters. The Labute approximate surface area is 382 Å². The summed E-state index contributed by atoms with van der Waals surface area (Å²) < 4.78 is 10.6. The summed E-state index contributed by atoms with van der Waals surface area (Å²) in [5, 5.41) is 19.6. The first kappa shape index (κ1) is 48.2. The molecule has 0 bridgehead atoms. The van der Waals surface area contributed by atoms with E-state index >= 15 is 0 Å². The van der Waals surface area contributed by atoms with Crippen LogP contribution in [0.5, 0.6) is 0 Å². The van der Waals surface area contributed by atoms with E-state index in [1.165, 1.54) is 10.8 Å². The number of carbonyl (C=O) groups excluding carboxylic acids is 3. The Morgan fingerprint density at radius 1 is 0.625 bits per heavy atom. The van der Waals surface area contributed by atoms with Gasteiger partial charge in [-0.2, -0.15) is 0 Å². The number of nitrogens with zero attached hydrogens (tertiary/aromatic N) is 1. The Bertz CT molecular complexity index is 2640. The van der Waals surface area contributed by atoms with E-state index < -0.39 is 35.4 Å². The number of amides is 2. The Hall–Kier alpha value is -6.79. The van der Waals surface area contributed by atoms with E-state index in [1.54, 1.807) is 27.0 Å². The van der Waals surface area contributed by atoms with Crippen LogP contribution in [0.3, 0.4) is 0 Å². The van der Waals surface area contributed by atoms with Gasteiger partial charge in [-0.3, -0.25) is 4.79 Å². The van der Waals surface area contributed by atoms with Crippen LogP contribution in [0.2, 0.25) is 0 Å². The van der Waals surface area contributed by atoms with Crippen molar-refractivity contribution in [1.29, 1.82) is 0 Å².